The molecule has 3 aromatic rings. The predicted molar refractivity (Wildman–Crippen MR) is 114 cm³/mol. The summed E-state index contributed by atoms with van der Waals surface area (Å²) < 4.78 is 5.86. The largest absolute Gasteiger partial charge is 0.505 e. The molecular formula is C23H31N3O2. The third-order valence-electron chi connectivity index (χ3n) is 4.88. The Morgan fingerprint density at radius 1 is 1.00 bits per heavy atom. The molecule has 1 heterocycles. The van der Waals surface area contributed by atoms with Crippen molar-refractivity contribution in [1.29, 1.82) is 0 Å². The third-order valence-corrected chi connectivity index (χ3v) is 4.88. The van der Waals surface area contributed by atoms with E-state index in [1.54, 1.807) is 0 Å². The molecule has 3 rings (SSSR count). The number of ether oxygens (including phenoxy) is 1. The zero-order valence-corrected chi connectivity index (χ0v) is 17.6. The van der Waals surface area contributed by atoms with Gasteiger partial charge in [0, 0.05) is 11.6 Å². The molecule has 0 atom stereocenters. The Kier molecular flexibility index (Phi) is 5.92. The van der Waals surface area contributed by atoms with Crippen LogP contribution in [0.4, 0.5) is 0 Å². The minimum Gasteiger partial charge on any atom is -0.505 e. The summed E-state index contributed by atoms with van der Waals surface area (Å²) in [5, 5.41) is 20.0. The van der Waals surface area contributed by atoms with Crippen molar-refractivity contribution >= 4 is 11.0 Å². The molecule has 150 valence electrons. The molecule has 0 saturated carbocycles. The fourth-order valence-electron chi connectivity index (χ4n) is 3.29. The van der Waals surface area contributed by atoms with Crippen LogP contribution in [0.5, 0.6) is 11.5 Å². The number of hydrogen-bond acceptors (Lipinski definition) is 4. The van der Waals surface area contributed by atoms with Crippen LogP contribution in [0.1, 0.15) is 64.5 Å². The second-order valence-electron chi connectivity index (χ2n) is 8.48. The van der Waals surface area contributed by atoms with Crippen LogP contribution in [0.15, 0.2) is 30.3 Å². The first-order chi connectivity index (χ1) is 13.3. The number of aromatic hydroxyl groups is 1. The Balaban J connectivity index is 1.88. The van der Waals surface area contributed by atoms with Crippen molar-refractivity contribution < 1.29 is 9.84 Å². The summed E-state index contributed by atoms with van der Waals surface area (Å²) >= 11 is 0. The van der Waals surface area contributed by atoms with E-state index in [1.165, 1.54) is 24.1 Å². The van der Waals surface area contributed by atoms with Gasteiger partial charge in [-0.05, 0) is 42.5 Å². The molecule has 2 aromatic carbocycles. The van der Waals surface area contributed by atoms with Crippen LogP contribution in [0, 0.1) is 6.92 Å². The summed E-state index contributed by atoms with van der Waals surface area (Å²) in [6, 6.07) is 9.69. The first kappa shape index (κ1) is 20.2. The highest BCUT2D eigenvalue weighted by Crippen LogP contribution is 2.36. The van der Waals surface area contributed by atoms with Gasteiger partial charge in [0.15, 0.2) is 0 Å². The molecule has 5 heteroatoms. The summed E-state index contributed by atoms with van der Waals surface area (Å²) in [7, 11) is 0. The van der Waals surface area contributed by atoms with Crippen molar-refractivity contribution in [2.24, 2.45) is 0 Å². The van der Waals surface area contributed by atoms with E-state index in [-0.39, 0.29) is 11.2 Å². The van der Waals surface area contributed by atoms with Gasteiger partial charge in [-0.2, -0.15) is 0 Å². The van der Waals surface area contributed by atoms with Crippen molar-refractivity contribution in [3.05, 3.63) is 41.5 Å². The van der Waals surface area contributed by atoms with E-state index in [0.717, 1.165) is 34.3 Å². The van der Waals surface area contributed by atoms with Crippen molar-refractivity contribution in [3.8, 4) is 17.2 Å². The van der Waals surface area contributed by atoms with E-state index >= 15 is 0 Å². The Morgan fingerprint density at radius 3 is 2.46 bits per heavy atom. The average molecular weight is 382 g/mol. The van der Waals surface area contributed by atoms with Gasteiger partial charge in [0.25, 0.3) is 0 Å². The van der Waals surface area contributed by atoms with Gasteiger partial charge in [-0.3, -0.25) is 0 Å². The first-order valence-electron chi connectivity index (χ1n) is 10.1. The van der Waals surface area contributed by atoms with Gasteiger partial charge in [0.05, 0.1) is 6.61 Å². The molecule has 0 spiro atoms. The molecule has 0 aliphatic heterocycles. The summed E-state index contributed by atoms with van der Waals surface area (Å²) in [6.07, 6.45) is 4.72. The van der Waals surface area contributed by atoms with Gasteiger partial charge in [0.1, 0.15) is 28.2 Å². The Labute approximate surface area is 167 Å². The smallest absolute Gasteiger partial charge is 0.146 e. The molecule has 28 heavy (non-hydrogen) atoms. The number of rotatable bonds is 7. The van der Waals surface area contributed by atoms with Crippen LogP contribution in [0.2, 0.25) is 0 Å². The fraction of sp³-hybridized carbons (Fsp3) is 0.478. The van der Waals surface area contributed by atoms with Crippen molar-refractivity contribution in [3.63, 3.8) is 0 Å². The van der Waals surface area contributed by atoms with Gasteiger partial charge in [-0.15, -0.1) is 15.0 Å². The van der Waals surface area contributed by atoms with Gasteiger partial charge < -0.3 is 9.84 Å². The Hall–Kier alpha value is -2.56. The van der Waals surface area contributed by atoms with E-state index in [4.69, 9.17) is 4.74 Å². The number of nitrogens with zero attached hydrogens (tertiary/aromatic N) is 3. The Morgan fingerprint density at radius 2 is 1.75 bits per heavy atom. The van der Waals surface area contributed by atoms with Gasteiger partial charge in [0.2, 0.25) is 0 Å². The van der Waals surface area contributed by atoms with Gasteiger partial charge in [-0.1, -0.05) is 53.0 Å². The zero-order chi connectivity index (χ0) is 20.3. The number of aromatic nitrogens is 3. The van der Waals surface area contributed by atoms with Crippen molar-refractivity contribution in [2.45, 2.75) is 65.7 Å². The van der Waals surface area contributed by atoms with E-state index in [2.05, 4.69) is 37.9 Å². The predicted octanol–water partition coefficient (Wildman–Crippen LogP) is 5.69. The highest BCUT2D eigenvalue weighted by molar-refractivity contribution is 5.76. The molecule has 0 aliphatic carbocycles. The fourth-order valence-corrected chi connectivity index (χ4v) is 3.29. The third kappa shape index (κ3) is 4.46. The lowest BCUT2D eigenvalue weighted by atomic mass is 9.85. The molecule has 1 aromatic heterocycles. The normalized spacial score (nSPS) is 11.9. The topological polar surface area (TPSA) is 60.2 Å². The van der Waals surface area contributed by atoms with Gasteiger partial charge in [-0.25, -0.2) is 0 Å². The lowest BCUT2D eigenvalue weighted by Gasteiger charge is -2.22. The van der Waals surface area contributed by atoms with Crippen LogP contribution in [0.25, 0.3) is 16.7 Å². The molecule has 0 bridgehead atoms. The number of phenolic OH excluding ortho intramolecular Hbond substituents is 1. The second-order valence-corrected chi connectivity index (χ2v) is 8.48. The first-order valence-corrected chi connectivity index (χ1v) is 10.1. The minimum atomic E-state index is -0.170. The van der Waals surface area contributed by atoms with Crippen molar-refractivity contribution in [1.82, 2.24) is 15.0 Å². The molecule has 5 nitrogen and oxygen atoms in total. The second kappa shape index (κ2) is 8.21. The van der Waals surface area contributed by atoms with E-state index < -0.39 is 0 Å². The SMILES string of the molecule is CCCCCCOc1ccc2nn(-c3cc(C)cc(C(C)(C)C)c3O)nc2c1. The average Bonchev–Trinajstić information content (AvgIpc) is 3.05. The summed E-state index contributed by atoms with van der Waals surface area (Å²) in [4.78, 5) is 1.52. The number of unbranched alkanes of at least 4 members (excludes halogenated alkanes) is 3. The number of aryl methyl sites for hydroxylation is 1. The van der Waals surface area contributed by atoms with E-state index in [1.807, 2.05) is 37.3 Å². The number of phenols is 1. The monoisotopic (exact) mass is 381 g/mol. The maximum atomic E-state index is 10.8. The number of fused-ring (bicyclic) bond motifs is 1. The van der Waals surface area contributed by atoms with Crippen LogP contribution >= 0.6 is 0 Å². The van der Waals surface area contributed by atoms with E-state index in [9.17, 15) is 5.11 Å². The lowest BCUT2D eigenvalue weighted by Crippen LogP contribution is -2.13. The molecule has 0 saturated heterocycles. The zero-order valence-electron chi connectivity index (χ0n) is 17.6. The minimum absolute atomic E-state index is 0.170. The maximum absolute atomic E-state index is 10.8. The quantitative estimate of drug-likeness (QED) is 0.534. The number of benzene rings is 2. The molecule has 1 N–H and O–H groups in total. The van der Waals surface area contributed by atoms with E-state index in [0.29, 0.717) is 12.3 Å². The summed E-state index contributed by atoms with van der Waals surface area (Å²) in [5.41, 5.74) is 3.91. The molecule has 0 radical (unpaired) electrons. The maximum Gasteiger partial charge on any atom is 0.146 e. The van der Waals surface area contributed by atoms with Gasteiger partial charge >= 0.3 is 0 Å². The van der Waals surface area contributed by atoms with Crippen LogP contribution in [-0.2, 0) is 5.41 Å². The molecular weight excluding hydrogens is 350 g/mol. The lowest BCUT2D eigenvalue weighted by molar-refractivity contribution is 0.305. The highest BCUT2D eigenvalue weighted by atomic mass is 16.5. The van der Waals surface area contributed by atoms with Crippen molar-refractivity contribution in [2.75, 3.05) is 6.61 Å². The molecule has 0 aliphatic rings. The molecule has 0 amide bonds. The summed E-state index contributed by atoms with van der Waals surface area (Å²) in [5.74, 6) is 1.03. The van der Waals surface area contributed by atoms with Crippen LogP contribution < -0.4 is 4.74 Å². The Bertz CT molecular complexity index is 954. The summed E-state index contributed by atoms with van der Waals surface area (Å²) in [6.45, 7) is 11.2. The number of hydrogen-bond donors (Lipinski definition) is 1. The highest BCUT2D eigenvalue weighted by Gasteiger charge is 2.22. The molecule has 0 unspecified atom stereocenters. The van der Waals surface area contributed by atoms with Crippen LogP contribution in [-0.4, -0.2) is 26.7 Å². The standard InChI is InChI=1S/C23H31N3O2/c1-6-7-8-9-12-28-17-10-11-19-20(15-17)25-26(24-19)21-14-16(2)13-18(22(21)27)23(3,4)5/h10-11,13-15,27H,6-9,12H2,1-5H3. The molecule has 0 fully saturated rings. The van der Waals surface area contributed by atoms with Crippen LogP contribution in [0.3, 0.4) is 0 Å².